The molecule has 0 unspecified atom stereocenters. The Balaban J connectivity index is 1.70. The van der Waals surface area contributed by atoms with Gasteiger partial charge in [-0.1, -0.05) is 35.9 Å². The Kier molecular flexibility index (Phi) is 5.22. The van der Waals surface area contributed by atoms with E-state index in [1.165, 1.54) is 16.9 Å². The zero-order valence-electron chi connectivity index (χ0n) is 14.3. The van der Waals surface area contributed by atoms with E-state index in [0.717, 1.165) is 31.8 Å². The molecule has 1 amide bonds. The molecule has 3 nitrogen and oxygen atoms in total. The van der Waals surface area contributed by atoms with E-state index >= 15 is 0 Å². The maximum absolute atomic E-state index is 13.2. The zero-order chi connectivity index (χ0) is 18.8. The highest BCUT2D eigenvalue weighted by Gasteiger charge is 2.25. The predicted octanol–water partition coefficient (Wildman–Crippen LogP) is 6.23. The molecule has 0 N–H and O–H groups in total. The average molecular weight is 411 g/mol. The van der Waals surface area contributed by atoms with Gasteiger partial charge in [0.2, 0.25) is 0 Å². The summed E-state index contributed by atoms with van der Waals surface area (Å²) >= 11 is 9.38. The number of carbonyl (C=O) groups excluding carboxylic acids is 1. The normalized spacial score (nSPS) is 12.0. The van der Waals surface area contributed by atoms with Crippen LogP contribution in [0.25, 0.3) is 10.4 Å². The molecule has 1 aliphatic heterocycles. The largest absolute Gasteiger partial charge is 0.307 e. The second-order valence-corrected chi connectivity index (χ2v) is 8.60. The Bertz CT molecular complexity index is 1040. The molecular weight excluding hydrogens is 396 g/mol. The van der Waals surface area contributed by atoms with Crippen LogP contribution in [-0.2, 0) is 5.75 Å². The van der Waals surface area contributed by atoms with Crippen molar-refractivity contribution < 1.29 is 4.79 Å². The number of thioether (sulfide) groups is 1. The van der Waals surface area contributed by atoms with Gasteiger partial charge in [0, 0.05) is 38.3 Å². The lowest BCUT2D eigenvalue weighted by Gasteiger charge is -2.21. The standard InChI is InChI=1S/C21H15ClN2OS2/c22-15-7-8-17-18(12-15)26-13-14-11-19(27-20(14)17)21(25)24(10-4-9-23)16-5-2-1-3-6-16/h1-3,5-8,11-12H,4,10,13H2. The van der Waals surface area contributed by atoms with Crippen molar-refractivity contribution in [2.45, 2.75) is 17.1 Å². The van der Waals surface area contributed by atoms with Crippen LogP contribution in [0.1, 0.15) is 21.7 Å². The van der Waals surface area contributed by atoms with Gasteiger partial charge in [-0.3, -0.25) is 4.79 Å². The molecule has 3 aromatic rings. The molecule has 0 saturated carbocycles. The Labute approximate surface area is 171 Å². The van der Waals surface area contributed by atoms with E-state index in [1.807, 2.05) is 54.6 Å². The molecule has 0 fully saturated rings. The van der Waals surface area contributed by atoms with Crippen molar-refractivity contribution in [1.29, 1.82) is 5.26 Å². The first-order valence-electron chi connectivity index (χ1n) is 8.46. The number of thiophene rings is 1. The highest BCUT2D eigenvalue weighted by atomic mass is 35.5. The molecule has 6 heteroatoms. The maximum Gasteiger partial charge on any atom is 0.268 e. The van der Waals surface area contributed by atoms with Gasteiger partial charge in [-0.05, 0) is 35.9 Å². The lowest BCUT2D eigenvalue weighted by atomic mass is 10.1. The van der Waals surface area contributed by atoms with Gasteiger partial charge in [-0.25, -0.2) is 0 Å². The van der Waals surface area contributed by atoms with Gasteiger partial charge in [0.15, 0.2) is 0 Å². The summed E-state index contributed by atoms with van der Waals surface area (Å²) in [5.74, 6) is 0.770. The van der Waals surface area contributed by atoms with Crippen LogP contribution in [0.3, 0.4) is 0 Å². The van der Waals surface area contributed by atoms with Crippen LogP contribution < -0.4 is 4.90 Å². The van der Waals surface area contributed by atoms with Crippen molar-refractivity contribution in [3.63, 3.8) is 0 Å². The molecule has 0 atom stereocenters. The van der Waals surface area contributed by atoms with Crippen molar-refractivity contribution in [2.24, 2.45) is 0 Å². The monoisotopic (exact) mass is 410 g/mol. The number of benzene rings is 2. The number of fused-ring (bicyclic) bond motifs is 3. The fraction of sp³-hybridized carbons (Fsp3) is 0.143. The smallest absolute Gasteiger partial charge is 0.268 e. The van der Waals surface area contributed by atoms with Gasteiger partial charge in [-0.2, -0.15) is 5.26 Å². The van der Waals surface area contributed by atoms with Crippen LogP contribution in [0.4, 0.5) is 5.69 Å². The van der Waals surface area contributed by atoms with E-state index < -0.39 is 0 Å². The van der Waals surface area contributed by atoms with Crippen LogP contribution in [0.15, 0.2) is 59.5 Å². The fourth-order valence-corrected chi connectivity index (χ4v) is 5.71. The number of amides is 1. The molecule has 4 rings (SSSR count). The van der Waals surface area contributed by atoms with E-state index in [-0.39, 0.29) is 5.91 Å². The number of para-hydroxylation sites is 1. The van der Waals surface area contributed by atoms with Gasteiger partial charge in [-0.15, -0.1) is 23.1 Å². The van der Waals surface area contributed by atoms with Gasteiger partial charge in [0.1, 0.15) is 0 Å². The predicted molar refractivity (Wildman–Crippen MR) is 113 cm³/mol. The van der Waals surface area contributed by atoms with Crippen molar-refractivity contribution >= 4 is 46.3 Å². The van der Waals surface area contributed by atoms with E-state index in [9.17, 15) is 4.79 Å². The van der Waals surface area contributed by atoms with E-state index in [2.05, 4.69) is 6.07 Å². The highest BCUT2D eigenvalue weighted by Crippen LogP contribution is 2.46. The summed E-state index contributed by atoms with van der Waals surface area (Å²) in [6, 6.07) is 19.5. The third-order valence-electron chi connectivity index (χ3n) is 4.35. The fourth-order valence-electron chi connectivity index (χ4n) is 3.08. The SMILES string of the molecule is N#CCCN(C(=O)c1cc2c(s1)-c1ccc(Cl)cc1SC2)c1ccccc1. The van der Waals surface area contributed by atoms with Crippen molar-refractivity contribution in [3.8, 4) is 16.5 Å². The first-order valence-corrected chi connectivity index (χ1v) is 10.6. The van der Waals surface area contributed by atoms with Crippen LogP contribution in [-0.4, -0.2) is 12.5 Å². The minimum Gasteiger partial charge on any atom is -0.307 e. The van der Waals surface area contributed by atoms with Crippen LogP contribution in [0.5, 0.6) is 0 Å². The number of nitrogens with zero attached hydrogens (tertiary/aromatic N) is 2. The molecular formula is C21H15ClN2OS2. The lowest BCUT2D eigenvalue weighted by molar-refractivity contribution is 0.0991. The van der Waals surface area contributed by atoms with E-state index in [4.69, 9.17) is 16.9 Å². The molecule has 27 heavy (non-hydrogen) atoms. The number of anilines is 1. The summed E-state index contributed by atoms with van der Waals surface area (Å²) < 4.78 is 0. The Hall–Kier alpha value is -2.26. The number of hydrogen-bond donors (Lipinski definition) is 0. The molecule has 2 aromatic carbocycles. The number of halogens is 1. The number of carbonyl (C=O) groups is 1. The van der Waals surface area contributed by atoms with Crippen molar-refractivity contribution in [2.75, 3.05) is 11.4 Å². The van der Waals surface area contributed by atoms with E-state index in [0.29, 0.717) is 17.8 Å². The summed E-state index contributed by atoms with van der Waals surface area (Å²) in [4.78, 5) is 17.9. The summed E-state index contributed by atoms with van der Waals surface area (Å²) in [7, 11) is 0. The lowest BCUT2D eigenvalue weighted by Crippen LogP contribution is -2.31. The van der Waals surface area contributed by atoms with E-state index in [1.54, 1.807) is 16.7 Å². The summed E-state index contributed by atoms with van der Waals surface area (Å²) in [6.07, 6.45) is 0.295. The molecule has 0 saturated heterocycles. The van der Waals surface area contributed by atoms with Crippen molar-refractivity contribution in [3.05, 3.63) is 70.1 Å². The minimum absolute atomic E-state index is 0.0589. The third kappa shape index (κ3) is 3.61. The first-order chi connectivity index (χ1) is 13.2. The Morgan fingerprint density at radius 2 is 2.00 bits per heavy atom. The zero-order valence-corrected chi connectivity index (χ0v) is 16.7. The van der Waals surface area contributed by atoms with Crippen LogP contribution in [0, 0.1) is 11.3 Å². The maximum atomic E-state index is 13.2. The molecule has 0 aliphatic carbocycles. The Morgan fingerprint density at radius 1 is 1.19 bits per heavy atom. The molecule has 2 heterocycles. The second kappa shape index (κ2) is 7.77. The van der Waals surface area contributed by atoms with Gasteiger partial charge in [0.25, 0.3) is 5.91 Å². The van der Waals surface area contributed by atoms with Gasteiger partial charge >= 0.3 is 0 Å². The highest BCUT2D eigenvalue weighted by molar-refractivity contribution is 7.98. The average Bonchev–Trinajstić information content (AvgIpc) is 3.13. The molecule has 1 aliphatic rings. The van der Waals surface area contributed by atoms with Crippen LogP contribution >= 0.6 is 34.7 Å². The topological polar surface area (TPSA) is 44.1 Å². The van der Waals surface area contributed by atoms with Gasteiger partial charge < -0.3 is 4.90 Å². The number of hydrogen-bond acceptors (Lipinski definition) is 4. The summed E-state index contributed by atoms with van der Waals surface area (Å²) in [5, 5.41) is 9.71. The first kappa shape index (κ1) is 18.1. The minimum atomic E-state index is -0.0589. The molecule has 0 bridgehead atoms. The summed E-state index contributed by atoms with van der Waals surface area (Å²) in [6.45, 7) is 0.378. The molecule has 134 valence electrons. The molecule has 1 aromatic heterocycles. The molecule has 0 spiro atoms. The third-order valence-corrected chi connectivity index (χ3v) is 6.89. The van der Waals surface area contributed by atoms with Crippen molar-refractivity contribution in [1.82, 2.24) is 0 Å². The molecule has 0 radical (unpaired) electrons. The second-order valence-electron chi connectivity index (χ2n) is 6.09. The number of nitriles is 1. The van der Waals surface area contributed by atoms with Crippen LogP contribution in [0.2, 0.25) is 5.02 Å². The quantitative estimate of drug-likeness (QED) is 0.511. The summed E-state index contributed by atoms with van der Waals surface area (Å²) in [5.41, 5.74) is 3.13. The Morgan fingerprint density at radius 3 is 2.78 bits per heavy atom. The number of rotatable bonds is 4. The van der Waals surface area contributed by atoms with Gasteiger partial charge in [0.05, 0.1) is 17.4 Å².